The van der Waals surface area contributed by atoms with Crippen LogP contribution in [0.25, 0.3) is 11.1 Å². The second kappa shape index (κ2) is 9.61. The van der Waals surface area contributed by atoms with Crippen LogP contribution in [-0.4, -0.2) is 41.2 Å². The van der Waals surface area contributed by atoms with Crippen LogP contribution in [0.4, 0.5) is 0 Å². The van der Waals surface area contributed by atoms with Crippen LogP contribution in [0.3, 0.4) is 0 Å². The summed E-state index contributed by atoms with van der Waals surface area (Å²) < 4.78 is 16.2. The molecule has 0 aliphatic heterocycles. The van der Waals surface area contributed by atoms with Crippen LogP contribution in [0.2, 0.25) is 0 Å². The van der Waals surface area contributed by atoms with Gasteiger partial charge in [0.25, 0.3) is 5.91 Å². The van der Waals surface area contributed by atoms with Crippen molar-refractivity contribution in [2.24, 2.45) is 5.73 Å². The van der Waals surface area contributed by atoms with Crippen molar-refractivity contribution in [2.45, 2.75) is 13.5 Å². The van der Waals surface area contributed by atoms with Gasteiger partial charge >= 0.3 is 0 Å². The molecule has 1 aromatic carbocycles. The van der Waals surface area contributed by atoms with E-state index in [1.165, 1.54) is 6.20 Å². The third kappa shape index (κ3) is 5.26. The maximum Gasteiger partial charge on any atom is 0.254 e. The van der Waals surface area contributed by atoms with Gasteiger partial charge in [0.05, 0.1) is 6.61 Å². The Balaban J connectivity index is 1.67. The third-order valence-electron chi connectivity index (χ3n) is 4.14. The number of nitrogens with zero attached hydrogens (tertiary/aromatic N) is 3. The smallest absolute Gasteiger partial charge is 0.254 e. The Morgan fingerprint density at radius 2 is 1.86 bits per heavy atom. The fourth-order valence-corrected chi connectivity index (χ4v) is 2.69. The van der Waals surface area contributed by atoms with Crippen LogP contribution in [0.15, 0.2) is 48.9 Å². The van der Waals surface area contributed by atoms with Crippen LogP contribution in [0.1, 0.15) is 21.7 Å². The summed E-state index contributed by atoms with van der Waals surface area (Å²) in [6.07, 6.45) is 4.98. The lowest BCUT2D eigenvalue weighted by Gasteiger charge is -2.11. The molecule has 1 amide bonds. The second-order valence-corrected chi connectivity index (χ2v) is 6.21. The molecule has 3 rings (SSSR count). The molecule has 0 atom stereocenters. The van der Waals surface area contributed by atoms with Gasteiger partial charge in [-0.3, -0.25) is 4.79 Å². The number of hydrogen-bond donors (Lipinski definition) is 1. The number of ether oxygens (including phenoxy) is 3. The van der Waals surface area contributed by atoms with E-state index in [0.717, 1.165) is 22.4 Å². The summed E-state index contributed by atoms with van der Waals surface area (Å²) in [5.74, 6) is 0.809. The molecular weight excluding hydrogens is 372 g/mol. The van der Waals surface area contributed by atoms with Crippen LogP contribution >= 0.6 is 0 Å². The molecule has 0 fully saturated rings. The molecule has 29 heavy (non-hydrogen) atoms. The fraction of sp³-hybridized carbons (Fsp3) is 0.238. The van der Waals surface area contributed by atoms with Crippen LogP contribution in [0.5, 0.6) is 11.6 Å². The van der Waals surface area contributed by atoms with Gasteiger partial charge in [0.15, 0.2) is 5.82 Å². The largest absolute Gasteiger partial charge is 0.491 e. The molecule has 2 N–H and O–H groups in total. The van der Waals surface area contributed by atoms with Gasteiger partial charge in [-0.25, -0.2) is 15.0 Å². The van der Waals surface area contributed by atoms with Crippen molar-refractivity contribution in [3.63, 3.8) is 0 Å². The van der Waals surface area contributed by atoms with E-state index in [9.17, 15) is 4.79 Å². The molecular formula is C21H22N4O4. The van der Waals surface area contributed by atoms with E-state index in [-0.39, 0.29) is 18.1 Å². The summed E-state index contributed by atoms with van der Waals surface area (Å²) in [5.41, 5.74) is 8.48. The zero-order valence-electron chi connectivity index (χ0n) is 16.3. The molecule has 3 aromatic rings. The molecule has 2 heterocycles. The van der Waals surface area contributed by atoms with Crippen LogP contribution < -0.4 is 15.2 Å². The van der Waals surface area contributed by atoms with Crippen LogP contribution in [0, 0.1) is 6.92 Å². The summed E-state index contributed by atoms with van der Waals surface area (Å²) in [6, 6.07) is 9.02. The molecule has 0 saturated carbocycles. The molecule has 8 heteroatoms. The van der Waals surface area contributed by atoms with Crippen LogP contribution in [-0.2, 0) is 11.3 Å². The number of pyridine rings is 1. The third-order valence-corrected chi connectivity index (χ3v) is 4.14. The molecule has 2 aromatic heterocycles. The average molecular weight is 394 g/mol. The predicted molar refractivity (Wildman–Crippen MR) is 107 cm³/mol. The maximum atomic E-state index is 11.4. The zero-order chi connectivity index (χ0) is 20.6. The number of primary amides is 1. The number of benzene rings is 1. The van der Waals surface area contributed by atoms with Crippen molar-refractivity contribution in [3.8, 4) is 22.8 Å². The van der Waals surface area contributed by atoms with Gasteiger partial charge < -0.3 is 19.9 Å². The van der Waals surface area contributed by atoms with Gasteiger partial charge in [-0.1, -0.05) is 6.07 Å². The Morgan fingerprint density at radius 3 is 2.55 bits per heavy atom. The van der Waals surface area contributed by atoms with Gasteiger partial charge in [0, 0.05) is 31.3 Å². The van der Waals surface area contributed by atoms with E-state index in [2.05, 4.69) is 15.0 Å². The molecule has 0 aliphatic carbocycles. The Kier molecular flexibility index (Phi) is 6.70. The number of carbonyl (C=O) groups excluding carboxylic acids is 1. The standard InChI is InChI=1S/C21H22N4O4/c1-14-10-16(28-9-8-27-2)5-6-17(14)15-11-24-19(25-12-15)13-29-21-18(20(22)26)4-3-7-23-21/h3-7,10-12H,8-9,13H2,1-2H3,(H2,22,26). The van der Waals surface area contributed by atoms with Gasteiger partial charge in [-0.05, 0) is 42.3 Å². The van der Waals surface area contributed by atoms with Crippen molar-refractivity contribution in [1.82, 2.24) is 15.0 Å². The number of aromatic nitrogens is 3. The highest BCUT2D eigenvalue weighted by molar-refractivity contribution is 5.94. The molecule has 0 radical (unpaired) electrons. The summed E-state index contributed by atoms with van der Waals surface area (Å²) in [6.45, 7) is 3.11. The Bertz CT molecular complexity index is 977. The molecule has 0 spiro atoms. The monoisotopic (exact) mass is 394 g/mol. The lowest BCUT2D eigenvalue weighted by molar-refractivity contribution is 0.0994. The van der Waals surface area contributed by atoms with Crippen molar-refractivity contribution in [1.29, 1.82) is 0 Å². The van der Waals surface area contributed by atoms with E-state index in [4.69, 9.17) is 19.9 Å². The fourth-order valence-electron chi connectivity index (χ4n) is 2.69. The van der Waals surface area contributed by atoms with Crippen molar-refractivity contribution < 1.29 is 19.0 Å². The minimum absolute atomic E-state index is 0.0723. The number of rotatable bonds is 9. The van der Waals surface area contributed by atoms with Gasteiger partial charge in [0.2, 0.25) is 5.88 Å². The zero-order valence-corrected chi connectivity index (χ0v) is 16.3. The molecule has 8 nitrogen and oxygen atoms in total. The summed E-state index contributed by atoms with van der Waals surface area (Å²) >= 11 is 0. The SMILES string of the molecule is COCCOc1ccc(-c2cnc(COc3ncccc3C(N)=O)nc2)c(C)c1. The maximum absolute atomic E-state index is 11.4. The summed E-state index contributed by atoms with van der Waals surface area (Å²) in [5, 5.41) is 0. The first-order valence-electron chi connectivity index (χ1n) is 9.00. The normalized spacial score (nSPS) is 10.6. The van der Waals surface area contributed by atoms with E-state index in [0.29, 0.717) is 19.0 Å². The molecule has 0 bridgehead atoms. The summed E-state index contributed by atoms with van der Waals surface area (Å²) in [7, 11) is 1.64. The highest BCUT2D eigenvalue weighted by Gasteiger charge is 2.11. The summed E-state index contributed by atoms with van der Waals surface area (Å²) in [4.78, 5) is 24.1. The number of hydrogen-bond acceptors (Lipinski definition) is 7. The minimum Gasteiger partial charge on any atom is -0.491 e. The van der Waals surface area contributed by atoms with E-state index in [1.54, 1.807) is 31.6 Å². The lowest BCUT2D eigenvalue weighted by Crippen LogP contribution is -2.14. The minimum atomic E-state index is -0.602. The Hall–Kier alpha value is -3.52. The van der Waals surface area contributed by atoms with Gasteiger partial charge in [-0.2, -0.15) is 0 Å². The number of amides is 1. The van der Waals surface area contributed by atoms with Gasteiger partial charge in [0.1, 0.15) is 24.5 Å². The van der Waals surface area contributed by atoms with Crippen molar-refractivity contribution >= 4 is 5.91 Å². The molecule has 0 saturated heterocycles. The second-order valence-electron chi connectivity index (χ2n) is 6.21. The highest BCUT2D eigenvalue weighted by atomic mass is 16.5. The molecule has 0 unspecified atom stereocenters. The average Bonchev–Trinajstić information content (AvgIpc) is 2.73. The first kappa shape index (κ1) is 20.2. The Labute approximate surface area is 168 Å². The molecule has 0 aliphatic rings. The lowest BCUT2D eigenvalue weighted by atomic mass is 10.0. The number of aryl methyl sites for hydroxylation is 1. The van der Waals surface area contributed by atoms with Crippen molar-refractivity contribution in [2.75, 3.05) is 20.3 Å². The topological polar surface area (TPSA) is 109 Å². The number of carbonyl (C=O) groups is 1. The van der Waals surface area contributed by atoms with E-state index >= 15 is 0 Å². The highest BCUT2D eigenvalue weighted by Crippen LogP contribution is 2.26. The number of methoxy groups -OCH3 is 1. The number of nitrogens with two attached hydrogens (primary N) is 1. The van der Waals surface area contributed by atoms with Crippen molar-refractivity contribution in [3.05, 3.63) is 65.9 Å². The Morgan fingerprint density at radius 1 is 1.07 bits per heavy atom. The quantitative estimate of drug-likeness (QED) is 0.555. The first-order valence-corrected chi connectivity index (χ1v) is 9.00. The van der Waals surface area contributed by atoms with E-state index < -0.39 is 5.91 Å². The first-order chi connectivity index (χ1) is 14.1. The van der Waals surface area contributed by atoms with E-state index in [1.807, 2.05) is 25.1 Å². The predicted octanol–water partition coefficient (Wildman–Crippen LogP) is 2.55. The molecule has 150 valence electrons. The van der Waals surface area contributed by atoms with Gasteiger partial charge in [-0.15, -0.1) is 0 Å².